The molecule has 98 valence electrons. The van der Waals surface area contributed by atoms with Gasteiger partial charge in [0.15, 0.2) is 0 Å². The highest BCUT2D eigenvalue weighted by atomic mass is 16.4. The first kappa shape index (κ1) is 14.0. The smallest absolute Gasteiger partial charge is 0.317 e. The van der Waals surface area contributed by atoms with Crippen LogP contribution in [0.4, 0.5) is 4.79 Å². The number of carbonyl (C=O) groups is 2. The van der Waals surface area contributed by atoms with Gasteiger partial charge in [0.1, 0.15) is 0 Å². The molecule has 0 saturated carbocycles. The Morgan fingerprint density at radius 1 is 1.44 bits per heavy atom. The molecule has 1 aromatic rings. The van der Waals surface area contributed by atoms with Gasteiger partial charge in [0.05, 0.1) is 18.7 Å². The van der Waals surface area contributed by atoms with Gasteiger partial charge in [0.25, 0.3) is 0 Å². The average molecular weight is 251 g/mol. The molecule has 0 aliphatic rings. The summed E-state index contributed by atoms with van der Waals surface area (Å²) in [4.78, 5) is 27.7. The van der Waals surface area contributed by atoms with Gasteiger partial charge in [0.2, 0.25) is 0 Å². The monoisotopic (exact) mass is 251 g/mol. The second kappa shape index (κ2) is 7.26. The number of aromatic nitrogens is 1. The summed E-state index contributed by atoms with van der Waals surface area (Å²) in [5.41, 5.74) is 0.764. The summed E-state index contributed by atoms with van der Waals surface area (Å²) in [5, 5.41) is 11.3. The minimum atomic E-state index is -0.911. The van der Waals surface area contributed by atoms with Crippen LogP contribution in [0.15, 0.2) is 24.4 Å². The number of nitrogens with one attached hydrogen (secondary N) is 1. The zero-order valence-electron chi connectivity index (χ0n) is 10.3. The maximum Gasteiger partial charge on any atom is 0.317 e. The van der Waals surface area contributed by atoms with Gasteiger partial charge < -0.3 is 15.3 Å². The summed E-state index contributed by atoms with van der Waals surface area (Å²) in [6.45, 7) is 2.83. The van der Waals surface area contributed by atoms with Gasteiger partial charge in [0, 0.05) is 19.3 Å². The Hall–Kier alpha value is -2.11. The molecule has 2 amide bonds. The van der Waals surface area contributed by atoms with E-state index >= 15 is 0 Å². The Morgan fingerprint density at radius 3 is 2.78 bits per heavy atom. The number of carboxylic acids is 1. The molecule has 0 aliphatic heterocycles. The quantitative estimate of drug-likeness (QED) is 0.792. The summed E-state index contributed by atoms with van der Waals surface area (Å²) < 4.78 is 0. The molecule has 1 rings (SSSR count). The maximum absolute atomic E-state index is 11.8. The first-order chi connectivity index (χ1) is 8.63. The van der Waals surface area contributed by atoms with Gasteiger partial charge in [-0.25, -0.2) is 4.79 Å². The lowest BCUT2D eigenvalue weighted by molar-refractivity contribution is -0.137. The Labute approximate surface area is 106 Å². The van der Waals surface area contributed by atoms with E-state index in [1.807, 2.05) is 19.1 Å². The van der Waals surface area contributed by atoms with Crippen LogP contribution in [0, 0.1) is 0 Å². The van der Waals surface area contributed by atoms with Crippen LogP contribution >= 0.6 is 0 Å². The van der Waals surface area contributed by atoms with E-state index in [0.29, 0.717) is 13.1 Å². The van der Waals surface area contributed by atoms with Crippen molar-refractivity contribution in [2.75, 3.05) is 13.1 Å². The van der Waals surface area contributed by atoms with E-state index in [2.05, 4.69) is 10.3 Å². The summed E-state index contributed by atoms with van der Waals surface area (Å²) in [6.07, 6.45) is 1.61. The molecular formula is C12H17N3O3. The molecule has 0 bridgehead atoms. The summed E-state index contributed by atoms with van der Waals surface area (Å²) in [5.74, 6) is -0.911. The lowest BCUT2D eigenvalue weighted by Gasteiger charge is -2.20. The lowest BCUT2D eigenvalue weighted by atomic mass is 10.3. The van der Waals surface area contributed by atoms with Crippen molar-refractivity contribution in [3.05, 3.63) is 30.1 Å². The number of nitrogens with zero attached hydrogens (tertiary/aromatic N) is 2. The fourth-order valence-corrected chi connectivity index (χ4v) is 1.41. The van der Waals surface area contributed by atoms with Crippen molar-refractivity contribution < 1.29 is 14.7 Å². The molecule has 0 aromatic carbocycles. The van der Waals surface area contributed by atoms with Gasteiger partial charge in [-0.05, 0) is 19.1 Å². The van der Waals surface area contributed by atoms with E-state index < -0.39 is 5.97 Å². The predicted octanol–water partition coefficient (Wildman–Crippen LogP) is 1.09. The number of amides is 2. The standard InChI is InChI=1S/C12H17N3O3/c1-2-15(8-6-11(16)17)12(18)14-9-10-5-3-4-7-13-10/h3-5,7H,2,6,8-9H2,1H3,(H,14,18)(H,16,17). The number of hydrogen-bond acceptors (Lipinski definition) is 3. The number of urea groups is 1. The molecule has 6 nitrogen and oxygen atoms in total. The molecule has 18 heavy (non-hydrogen) atoms. The topological polar surface area (TPSA) is 82.5 Å². The van der Waals surface area contributed by atoms with Crippen LogP contribution in [0.25, 0.3) is 0 Å². The fourth-order valence-electron chi connectivity index (χ4n) is 1.41. The molecule has 0 saturated heterocycles. The van der Waals surface area contributed by atoms with E-state index in [-0.39, 0.29) is 19.0 Å². The highest BCUT2D eigenvalue weighted by Crippen LogP contribution is 1.96. The number of rotatable bonds is 6. The normalized spacial score (nSPS) is 9.83. The molecule has 0 radical (unpaired) electrons. The van der Waals surface area contributed by atoms with Crippen LogP contribution in [-0.2, 0) is 11.3 Å². The van der Waals surface area contributed by atoms with Crippen LogP contribution in [-0.4, -0.2) is 40.1 Å². The Morgan fingerprint density at radius 2 is 2.22 bits per heavy atom. The third kappa shape index (κ3) is 4.82. The fraction of sp³-hybridized carbons (Fsp3) is 0.417. The second-order valence-corrected chi connectivity index (χ2v) is 3.70. The second-order valence-electron chi connectivity index (χ2n) is 3.70. The number of carboxylic acid groups (broad SMARTS) is 1. The lowest BCUT2D eigenvalue weighted by Crippen LogP contribution is -2.40. The van der Waals surface area contributed by atoms with Crippen molar-refractivity contribution in [2.45, 2.75) is 19.9 Å². The molecule has 1 heterocycles. The number of hydrogen-bond donors (Lipinski definition) is 2. The minimum absolute atomic E-state index is 0.0507. The predicted molar refractivity (Wildman–Crippen MR) is 66.0 cm³/mol. The molecule has 6 heteroatoms. The van der Waals surface area contributed by atoms with Crippen LogP contribution in [0.3, 0.4) is 0 Å². The van der Waals surface area contributed by atoms with E-state index in [4.69, 9.17) is 5.11 Å². The number of pyridine rings is 1. The van der Waals surface area contributed by atoms with E-state index in [0.717, 1.165) is 5.69 Å². The van der Waals surface area contributed by atoms with E-state index in [1.54, 1.807) is 12.3 Å². The third-order valence-corrected chi connectivity index (χ3v) is 2.41. The molecular weight excluding hydrogens is 234 g/mol. The van der Waals surface area contributed by atoms with E-state index in [9.17, 15) is 9.59 Å². The van der Waals surface area contributed by atoms with Gasteiger partial charge in [-0.1, -0.05) is 6.07 Å². The Bertz CT molecular complexity index is 395. The SMILES string of the molecule is CCN(CCC(=O)O)C(=O)NCc1ccccn1. The van der Waals surface area contributed by atoms with Crippen LogP contribution in [0.1, 0.15) is 19.0 Å². The molecule has 2 N–H and O–H groups in total. The maximum atomic E-state index is 11.8. The van der Waals surface area contributed by atoms with Crippen molar-refractivity contribution in [1.29, 1.82) is 0 Å². The highest BCUT2D eigenvalue weighted by Gasteiger charge is 2.12. The zero-order valence-corrected chi connectivity index (χ0v) is 10.3. The van der Waals surface area contributed by atoms with Crippen LogP contribution in [0.5, 0.6) is 0 Å². The number of carbonyl (C=O) groups excluding carboxylic acids is 1. The van der Waals surface area contributed by atoms with Gasteiger partial charge in [-0.15, -0.1) is 0 Å². The highest BCUT2D eigenvalue weighted by molar-refractivity contribution is 5.75. The third-order valence-electron chi connectivity index (χ3n) is 2.41. The van der Waals surface area contributed by atoms with Crippen molar-refractivity contribution in [3.63, 3.8) is 0 Å². The molecule has 0 aliphatic carbocycles. The van der Waals surface area contributed by atoms with Crippen molar-refractivity contribution in [2.24, 2.45) is 0 Å². The van der Waals surface area contributed by atoms with Gasteiger partial charge in [-0.3, -0.25) is 9.78 Å². The van der Waals surface area contributed by atoms with Gasteiger partial charge >= 0.3 is 12.0 Å². The zero-order chi connectivity index (χ0) is 13.4. The minimum Gasteiger partial charge on any atom is -0.481 e. The molecule has 0 fully saturated rings. The summed E-state index contributed by atoms with van der Waals surface area (Å²) in [6, 6.07) is 5.19. The van der Waals surface area contributed by atoms with Crippen LogP contribution < -0.4 is 5.32 Å². The molecule has 1 aromatic heterocycles. The largest absolute Gasteiger partial charge is 0.481 e. The molecule has 0 spiro atoms. The van der Waals surface area contributed by atoms with Gasteiger partial charge in [-0.2, -0.15) is 0 Å². The average Bonchev–Trinajstić information content (AvgIpc) is 2.38. The molecule has 0 atom stereocenters. The first-order valence-corrected chi connectivity index (χ1v) is 5.78. The first-order valence-electron chi connectivity index (χ1n) is 5.78. The van der Waals surface area contributed by atoms with Crippen LogP contribution in [0.2, 0.25) is 0 Å². The van der Waals surface area contributed by atoms with Crippen molar-refractivity contribution >= 4 is 12.0 Å². The van der Waals surface area contributed by atoms with E-state index in [1.165, 1.54) is 4.90 Å². The Kier molecular flexibility index (Phi) is 5.63. The van der Waals surface area contributed by atoms with Crippen molar-refractivity contribution in [1.82, 2.24) is 15.2 Å². The molecule has 0 unspecified atom stereocenters. The summed E-state index contributed by atoms with van der Waals surface area (Å²) in [7, 11) is 0. The number of aliphatic carboxylic acids is 1. The summed E-state index contributed by atoms with van der Waals surface area (Å²) >= 11 is 0. The van der Waals surface area contributed by atoms with Crippen molar-refractivity contribution in [3.8, 4) is 0 Å². The Balaban J connectivity index is 2.40.